The van der Waals surface area contributed by atoms with Gasteiger partial charge in [-0.15, -0.1) is 0 Å². The van der Waals surface area contributed by atoms with Gasteiger partial charge >= 0.3 is 0 Å². The third kappa shape index (κ3) is 5.63. The first kappa shape index (κ1) is 29.5. The molecule has 0 saturated carbocycles. The van der Waals surface area contributed by atoms with Crippen LogP contribution in [0, 0.1) is 0 Å². The van der Waals surface area contributed by atoms with E-state index in [9.17, 15) is 0 Å². The van der Waals surface area contributed by atoms with Crippen molar-refractivity contribution in [1.82, 2.24) is 0 Å². The molecule has 0 N–H and O–H groups in total. The van der Waals surface area contributed by atoms with Crippen molar-refractivity contribution in [3.8, 4) is 44.7 Å². The number of furan rings is 1. The van der Waals surface area contributed by atoms with E-state index in [1.165, 1.54) is 44.2 Å². The van der Waals surface area contributed by atoms with Gasteiger partial charge in [0.25, 0.3) is 0 Å². The van der Waals surface area contributed by atoms with Crippen molar-refractivity contribution in [3.05, 3.63) is 200 Å². The molecule has 0 amide bonds. The van der Waals surface area contributed by atoms with E-state index in [0.717, 1.165) is 39.4 Å². The summed E-state index contributed by atoms with van der Waals surface area (Å²) in [6.07, 6.45) is 0. The normalized spacial score (nSPS) is 11.2. The Morgan fingerprint density at radius 1 is 0.300 bits per heavy atom. The van der Waals surface area contributed by atoms with Gasteiger partial charge in [-0.1, -0.05) is 146 Å². The molecule has 236 valence electrons. The number of para-hydroxylation sites is 1. The molecule has 0 aliphatic carbocycles. The lowest BCUT2D eigenvalue weighted by Crippen LogP contribution is -2.10. The van der Waals surface area contributed by atoms with Crippen molar-refractivity contribution in [1.29, 1.82) is 0 Å². The van der Waals surface area contributed by atoms with Crippen LogP contribution in [-0.4, -0.2) is 0 Å². The minimum atomic E-state index is 0.854. The zero-order chi connectivity index (χ0) is 33.3. The van der Waals surface area contributed by atoms with E-state index < -0.39 is 0 Å². The smallest absolute Gasteiger partial charge is 0.135 e. The van der Waals surface area contributed by atoms with Crippen LogP contribution in [0.4, 0.5) is 17.1 Å². The van der Waals surface area contributed by atoms with E-state index in [2.05, 4.69) is 187 Å². The lowest BCUT2D eigenvalue weighted by molar-refractivity contribution is 0.631. The molecule has 1 aromatic heterocycles. The Kier molecular flexibility index (Phi) is 7.53. The number of benzene rings is 8. The number of hydrogen-bond acceptors (Lipinski definition) is 2. The molecule has 0 aliphatic heterocycles. The third-order valence-electron chi connectivity index (χ3n) is 9.47. The van der Waals surface area contributed by atoms with Crippen LogP contribution in [-0.2, 0) is 0 Å². The molecule has 0 spiro atoms. The lowest BCUT2D eigenvalue weighted by atomic mass is 9.94. The van der Waals surface area contributed by atoms with E-state index in [-0.39, 0.29) is 0 Å². The summed E-state index contributed by atoms with van der Waals surface area (Å²) in [4.78, 5) is 2.32. The molecule has 50 heavy (non-hydrogen) atoms. The number of fused-ring (bicyclic) bond motifs is 2. The number of hydrogen-bond donors (Lipinski definition) is 0. The monoisotopic (exact) mass is 639 g/mol. The predicted octanol–water partition coefficient (Wildman–Crippen LogP) is 13.7. The highest BCUT2D eigenvalue weighted by Gasteiger charge is 2.16. The topological polar surface area (TPSA) is 16.4 Å². The molecule has 0 bridgehead atoms. The molecule has 0 saturated heterocycles. The first-order valence-corrected chi connectivity index (χ1v) is 17.0. The lowest BCUT2D eigenvalue weighted by Gasteiger charge is -2.26. The standard InChI is InChI=1S/C48H33NO/c1-2-12-36(13-3-1)45-18-7-8-19-46(45)37-25-29-43(30-26-37)49(44-17-10-16-40(32-44)48-33-41-15-6-9-20-47(41)50-48)42-27-23-35(24-28-42)39-22-21-34-11-4-5-14-38(34)31-39/h1-33H. The summed E-state index contributed by atoms with van der Waals surface area (Å²) in [6.45, 7) is 0. The van der Waals surface area contributed by atoms with Gasteiger partial charge in [-0.2, -0.15) is 0 Å². The van der Waals surface area contributed by atoms with Crippen LogP contribution in [0.2, 0.25) is 0 Å². The molecule has 8 aromatic carbocycles. The maximum atomic E-state index is 6.29. The summed E-state index contributed by atoms with van der Waals surface area (Å²) < 4.78 is 6.29. The molecule has 0 atom stereocenters. The Hall–Kier alpha value is -6.64. The van der Waals surface area contributed by atoms with E-state index in [1.807, 2.05) is 18.2 Å². The van der Waals surface area contributed by atoms with Crippen LogP contribution in [0.3, 0.4) is 0 Å². The fraction of sp³-hybridized carbons (Fsp3) is 0. The summed E-state index contributed by atoms with van der Waals surface area (Å²) >= 11 is 0. The molecule has 0 aliphatic rings. The highest BCUT2D eigenvalue weighted by atomic mass is 16.3. The summed E-state index contributed by atoms with van der Waals surface area (Å²) in [5.41, 5.74) is 12.3. The first-order valence-electron chi connectivity index (χ1n) is 17.0. The van der Waals surface area contributed by atoms with Crippen molar-refractivity contribution < 1.29 is 4.42 Å². The summed E-state index contributed by atoms with van der Waals surface area (Å²) in [5, 5.41) is 3.59. The van der Waals surface area contributed by atoms with Crippen molar-refractivity contribution in [2.75, 3.05) is 4.90 Å². The third-order valence-corrected chi connectivity index (χ3v) is 9.47. The van der Waals surface area contributed by atoms with Gasteiger partial charge in [0, 0.05) is 28.0 Å². The molecular formula is C48H33NO. The fourth-order valence-electron chi connectivity index (χ4n) is 6.94. The second-order valence-electron chi connectivity index (χ2n) is 12.6. The van der Waals surface area contributed by atoms with Gasteiger partial charge in [0.1, 0.15) is 11.3 Å². The van der Waals surface area contributed by atoms with Crippen LogP contribution in [0.25, 0.3) is 66.4 Å². The molecule has 0 unspecified atom stereocenters. The average Bonchev–Trinajstić information content (AvgIpc) is 3.64. The second-order valence-corrected chi connectivity index (χ2v) is 12.6. The quantitative estimate of drug-likeness (QED) is 0.173. The largest absolute Gasteiger partial charge is 0.456 e. The van der Waals surface area contributed by atoms with Gasteiger partial charge < -0.3 is 9.32 Å². The van der Waals surface area contributed by atoms with Crippen molar-refractivity contribution in [2.45, 2.75) is 0 Å². The molecule has 1 heterocycles. The Balaban J connectivity index is 1.12. The average molecular weight is 640 g/mol. The summed E-state index contributed by atoms with van der Waals surface area (Å²) in [7, 11) is 0. The summed E-state index contributed by atoms with van der Waals surface area (Å²) in [5.74, 6) is 0.854. The van der Waals surface area contributed by atoms with Crippen LogP contribution < -0.4 is 4.90 Å². The number of anilines is 3. The van der Waals surface area contributed by atoms with E-state index in [1.54, 1.807) is 0 Å². The maximum absolute atomic E-state index is 6.29. The van der Waals surface area contributed by atoms with Crippen LogP contribution in [0.1, 0.15) is 0 Å². The van der Waals surface area contributed by atoms with Crippen LogP contribution in [0.15, 0.2) is 205 Å². The minimum absolute atomic E-state index is 0.854. The molecule has 0 fully saturated rings. The molecule has 9 aromatic rings. The van der Waals surface area contributed by atoms with Gasteiger partial charge in [0.15, 0.2) is 0 Å². The minimum Gasteiger partial charge on any atom is -0.456 e. The van der Waals surface area contributed by atoms with E-state index >= 15 is 0 Å². The molecular weight excluding hydrogens is 607 g/mol. The molecule has 0 radical (unpaired) electrons. The van der Waals surface area contributed by atoms with Crippen LogP contribution >= 0.6 is 0 Å². The SMILES string of the molecule is c1ccc(-c2ccccc2-c2ccc(N(c3ccc(-c4ccc5ccccc5c4)cc3)c3cccc(-c4cc5ccccc5o4)c3)cc2)cc1. The molecule has 2 heteroatoms. The number of nitrogens with zero attached hydrogens (tertiary/aromatic N) is 1. The van der Waals surface area contributed by atoms with Gasteiger partial charge in [-0.05, 0) is 98.8 Å². The van der Waals surface area contributed by atoms with Gasteiger partial charge in [0.05, 0.1) is 0 Å². The Morgan fingerprint density at radius 3 is 1.58 bits per heavy atom. The Labute approximate surface area is 292 Å². The second kappa shape index (κ2) is 12.8. The Morgan fingerprint density at radius 2 is 0.860 bits per heavy atom. The highest BCUT2D eigenvalue weighted by Crippen LogP contribution is 2.40. The maximum Gasteiger partial charge on any atom is 0.135 e. The first-order chi connectivity index (χ1) is 24.8. The zero-order valence-electron chi connectivity index (χ0n) is 27.4. The fourth-order valence-corrected chi connectivity index (χ4v) is 6.94. The van der Waals surface area contributed by atoms with E-state index in [4.69, 9.17) is 4.42 Å². The summed E-state index contributed by atoms with van der Waals surface area (Å²) in [6, 6.07) is 71.1. The Bertz CT molecular complexity index is 2550. The van der Waals surface area contributed by atoms with Crippen molar-refractivity contribution in [3.63, 3.8) is 0 Å². The van der Waals surface area contributed by atoms with Gasteiger partial charge in [0.2, 0.25) is 0 Å². The highest BCUT2D eigenvalue weighted by molar-refractivity contribution is 5.89. The zero-order valence-corrected chi connectivity index (χ0v) is 27.4. The number of rotatable bonds is 7. The van der Waals surface area contributed by atoms with E-state index in [0.29, 0.717) is 0 Å². The van der Waals surface area contributed by atoms with Gasteiger partial charge in [-0.3, -0.25) is 0 Å². The van der Waals surface area contributed by atoms with Crippen molar-refractivity contribution >= 4 is 38.8 Å². The predicted molar refractivity (Wildman–Crippen MR) is 210 cm³/mol. The van der Waals surface area contributed by atoms with Gasteiger partial charge in [-0.25, -0.2) is 0 Å². The molecule has 2 nitrogen and oxygen atoms in total. The van der Waals surface area contributed by atoms with Crippen LogP contribution in [0.5, 0.6) is 0 Å². The molecule has 9 rings (SSSR count). The van der Waals surface area contributed by atoms with Crippen molar-refractivity contribution in [2.24, 2.45) is 0 Å².